The highest BCUT2D eigenvalue weighted by Crippen LogP contribution is 2.22. The molecule has 0 bridgehead atoms. The van der Waals surface area contributed by atoms with Gasteiger partial charge in [0.2, 0.25) is 0 Å². The topological polar surface area (TPSA) is 139 Å². The van der Waals surface area contributed by atoms with Crippen LogP contribution < -0.4 is 5.73 Å². The van der Waals surface area contributed by atoms with E-state index in [2.05, 4.69) is 5.73 Å². The lowest BCUT2D eigenvalue weighted by atomic mass is 9.92. The van der Waals surface area contributed by atoms with Gasteiger partial charge < -0.3 is 30.1 Å². The molecular weight excluding hydrogens is 547 g/mol. The van der Waals surface area contributed by atoms with Crippen molar-refractivity contribution in [2.75, 3.05) is 32.7 Å². The minimum atomic E-state index is -4.18. The Kier molecular flexibility index (Phi) is 17.9. The van der Waals surface area contributed by atoms with Crippen molar-refractivity contribution in [2.45, 2.75) is 112 Å². The molecule has 0 aromatic carbocycles. The molecule has 2 aliphatic heterocycles. The molecule has 2 fully saturated rings. The van der Waals surface area contributed by atoms with E-state index < -0.39 is 41.9 Å². The van der Waals surface area contributed by atoms with Crippen LogP contribution in [0.5, 0.6) is 0 Å². The molecule has 2 atom stereocenters. The van der Waals surface area contributed by atoms with Gasteiger partial charge in [-0.15, -0.1) is 0 Å². The van der Waals surface area contributed by atoms with Crippen LogP contribution in [0.15, 0.2) is 0 Å². The van der Waals surface area contributed by atoms with Gasteiger partial charge in [0.15, 0.2) is 0 Å². The van der Waals surface area contributed by atoms with Crippen molar-refractivity contribution in [3.05, 3.63) is 0 Å². The number of hydrogen-bond acceptors (Lipinski definition) is 7. The largest absolute Gasteiger partial charge is 0.481 e. The van der Waals surface area contributed by atoms with Crippen LogP contribution in [0.25, 0.3) is 0 Å². The van der Waals surface area contributed by atoms with Crippen LogP contribution >= 0.6 is 0 Å². The Morgan fingerprint density at radius 1 is 0.829 bits per heavy atom. The Balaban J connectivity index is 0. The number of carboxylic acids is 1. The summed E-state index contributed by atoms with van der Waals surface area (Å²) in [5, 5.41) is 8.89. The quantitative estimate of drug-likeness (QED) is 0.409. The van der Waals surface area contributed by atoms with Crippen LogP contribution in [0.3, 0.4) is 0 Å². The van der Waals surface area contributed by atoms with Crippen molar-refractivity contribution in [1.29, 1.82) is 0 Å². The maximum Gasteiger partial charge on any atom is 0.410 e. The first-order valence-corrected chi connectivity index (χ1v) is 13.7. The lowest BCUT2D eigenvalue weighted by Crippen LogP contribution is -2.44. The third-order valence-electron chi connectivity index (χ3n) is 5.68. The van der Waals surface area contributed by atoms with Gasteiger partial charge >= 0.3 is 24.3 Å². The number of Topliss-reactive ketones (excluding diaryl/α,β-unsaturated/α-hetero) is 1. The van der Waals surface area contributed by atoms with E-state index in [9.17, 15) is 32.3 Å². The fourth-order valence-corrected chi connectivity index (χ4v) is 3.85. The van der Waals surface area contributed by atoms with Crippen LogP contribution in [-0.4, -0.2) is 88.9 Å². The van der Waals surface area contributed by atoms with Crippen molar-refractivity contribution >= 4 is 23.9 Å². The van der Waals surface area contributed by atoms with E-state index >= 15 is 0 Å². The molecule has 0 radical (unpaired) electrons. The number of carbonyl (C=O) groups is 4. The van der Waals surface area contributed by atoms with Gasteiger partial charge in [-0.1, -0.05) is 14.4 Å². The SMILES string of the molecule is C.CC(C)(C)OC(=O)N1CCCC(C(=O)O)C1.CCCC(=O)C1CCCN(C(=O)OC(C)(C)C)C1.NCC(F)(F)F. The predicted octanol–water partition coefficient (Wildman–Crippen LogP) is 5.86. The normalized spacial score (nSPS) is 19.3. The molecule has 0 aromatic heterocycles. The van der Waals surface area contributed by atoms with Gasteiger partial charge in [-0.25, -0.2) is 9.59 Å². The Morgan fingerprint density at radius 2 is 1.20 bits per heavy atom. The Morgan fingerprint density at radius 3 is 1.51 bits per heavy atom. The van der Waals surface area contributed by atoms with E-state index in [-0.39, 0.29) is 31.8 Å². The minimum absolute atomic E-state index is 0. The molecule has 2 amide bonds. The zero-order valence-electron chi connectivity index (χ0n) is 24.9. The molecule has 41 heavy (non-hydrogen) atoms. The van der Waals surface area contributed by atoms with E-state index in [4.69, 9.17) is 14.6 Å². The van der Waals surface area contributed by atoms with Gasteiger partial charge in [0, 0.05) is 38.5 Å². The molecule has 242 valence electrons. The molecule has 13 heteroatoms. The number of piperidine rings is 2. The summed E-state index contributed by atoms with van der Waals surface area (Å²) >= 11 is 0. The first-order valence-electron chi connectivity index (χ1n) is 13.7. The number of carbonyl (C=O) groups excluding carboxylic acids is 3. The molecule has 0 spiro atoms. The average molecular weight is 600 g/mol. The molecule has 0 saturated carbocycles. The van der Waals surface area contributed by atoms with E-state index in [0.29, 0.717) is 32.5 Å². The zero-order valence-corrected chi connectivity index (χ0v) is 24.9. The highest BCUT2D eigenvalue weighted by Gasteiger charge is 2.31. The van der Waals surface area contributed by atoms with Crippen molar-refractivity contribution in [3.8, 4) is 0 Å². The van der Waals surface area contributed by atoms with Gasteiger partial charge in [0.05, 0.1) is 12.5 Å². The Bertz CT molecular complexity index is 824. The zero-order chi connectivity index (χ0) is 31.3. The lowest BCUT2D eigenvalue weighted by Gasteiger charge is -2.33. The second-order valence-corrected chi connectivity index (χ2v) is 11.9. The van der Waals surface area contributed by atoms with Crippen molar-refractivity contribution < 1.29 is 46.9 Å². The van der Waals surface area contributed by atoms with Gasteiger partial charge in [0.25, 0.3) is 0 Å². The standard InChI is InChI=1S/C14H25NO3.C11H19NO4.C2H4F3N.CH4/c1-5-7-12(16)11-8-6-9-15(10-11)13(17)18-14(2,3)4;1-11(2,3)16-10(15)12-6-4-5-8(7-12)9(13)14;3-2(4,5)1-6;/h11H,5-10H2,1-4H3;8H,4-7H2,1-3H3,(H,13,14);1,6H2;1H4. The van der Waals surface area contributed by atoms with Crippen molar-refractivity contribution in [3.63, 3.8) is 0 Å². The first kappa shape index (κ1) is 40.6. The molecular formula is C28H52F3N3O7. The molecule has 2 rings (SSSR count). The average Bonchev–Trinajstić information content (AvgIpc) is 2.82. The molecule has 0 aromatic rings. The molecule has 0 aliphatic carbocycles. The number of aliphatic carboxylic acids is 1. The predicted molar refractivity (Wildman–Crippen MR) is 150 cm³/mol. The van der Waals surface area contributed by atoms with Crippen molar-refractivity contribution in [2.24, 2.45) is 17.6 Å². The molecule has 10 nitrogen and oxygen atoms in total. The third kappa shape index (κ3) is 19.2. The summed E-state index contributed by atoms with van der Waals surface area (Å²) in [6.07, 6.45) is -0.258. The van der Waals surface area contributed by atoms with Gasteiger partial charge in [-0.2, -0.15) is 13.2 Å². The second kappa shape index (κ2) is 18.1. The minimum Gasteiger partial charge on any atom is -0.481 e. The van der Waals surface area contributed by atoms with Gasteiger partial charge in [-0.3, -0.25) is 9.59 Å². The number of ether oxygens (including phenoxy) is 2. The van der Waals surface area contributed by atoms with Crippen LogP contribution in [0.1, 0.15) is 94.4 Å². The van der Waals surface area contributed by atoms with Crippen LogP contribution in [0.4, 0.5) is 22.8 Å². The third-order valence-corrected chi connectivity index (χ3v) is 5.68. The fourth-order valence-electron chi connectivity index (χ4n) is 3.85. The smallest absolute Gasteiger partial charge is 0.410 e. The number of carboxylic acid groups (broad SMARTS) is 1. The van der Waals surface area contributed by atoms with E-state index in [0.717, 1.165) is 25.7 Å². The first-order chi connectivity index (χ1) is 18.2. The highest BCUT2D eigenvalue weighted by molar-refractivity contribution is 5.82. The summed E-state index contributed by atoms with van der Waals surface area (Å²) in [6, 6.07) is 0. The summed E-state index contributed by atoms with van der Waals surface area (Å²) in [5.41, 5.74) is 3.17. The number of alkyl halides is 3. The maximum atomic E-state index is 11.9. The van der Waals surface area contributed by atoms with Crippen LogP contribution in [0.2, 0.25) is 0 Å². The summed E-state index contributed by atoms with van der Waals surface area (Å²) in [5.74, 6) is -1.01. The van der Waals surface area contributed by atoms with Crippen molar-refractivity contribution in [1.82, 2.24) is 9.80 Å². The number of likely N-dealkylation sites (tertiary alicyclic amines) is 2. The number of halogens is 3. The van der Waals surface area contributed by atoms with E-state index in [1.54, 1.807) is 25.7 Å². The van der Waals surface area contributed by atoms with Gasteiger partial charge in [0.1, 0.15) is 17.0 Å². The Hall–Kier alpha value is -2.57. The molecule has 2 unspecified atom stereocenters. The molecule has 2 aliphatic rings. The summed E-state index contributed by atoms with van der Waals surface area (Å²) in [4.78, 5) is 49.5. The van der Waals surface area contributed by atoms with E-state index in [1.165, 1.54) is 4.90 Å². The number of nitrogens with two attached hydrogens (primary N) is 1. The monoisotopic (exact) mass is 599 g/mol. The molecule has 2 saturated heterocycles. The molecule has 2 heterocycles. The number of amides is 2. The van der Waals surface area contributed by atoms with Gasteiger partial charge in [-0.05, 0) is 73.6 Å². The molecule has 3 N–H and O–H groups in total. The van der Waals surface area contributed by atoms with E-state index in [1.807, 2.05) is 27.7 Å². The summed E-state index contributed by atoms with van der Waals surface area (Å²) in [7, 11) is 0. The highest BCUT2D eigenvalue weighted by atomic mass is 19.4. The number of hydrogen-bond donors (Lipinski definition) is 2. The number of nitrogens with zero attached hydrogens (tertiary/aromatic N) is 2. The summed E-state index contributed by atoms with van der Waals surface area (Å²) < 4.78 is 42.5. The fraction of sp³-hybridized carbons (Fsp3) is 0.857. The maximum absolute atomic E-state index is 11.9. The second-order valence-electron chi connectivity index (χ2n) is 11.9. The lowest BCUT2D eigenvalue weighted by molar-refractivity contribution is -0.143. The van der Waals surface area contributed by atoms with Crippen LogP contribution in [0, 0.1) is 11.8 Å². The number of ketones is 1. The summed E-state index contributed by atoms with van der Waals surface area (Å²) in [6.45, 7) is 13.8. The Labute approximate surface area is 243 Å². The number of rotatable bonds is 4. The van der Waals surface area contributed by atoms with Crippen LogP contribution in [-0.2, 0) is 19.1 Å².